The first-order chi connectivity index (χ1) is 18.1. The van der Waals surface area contributed by atoms with Gasteiger partial charge in [0, 0.05) is 23.3 Å². The van der Waals surface area contributed by atoms with Crippen LogP contribution in [-0.4, -0.2) is 39.8 Å². The molecule has 8 nitrogen and oxygen atoms in total. The standard InChI is InChI=1S/C30H35NO7/c1-8-37-25-14-9-19(15-20(25)18-38-22-12-10-21(11-13-22)30(2,3)4)28(32)31-24-17-27(35-6)26(34-5)16-23(24)29(33)36-7/h9-17H,8,18H2,1-7H3,(H,31,32). The Bertz CT molecular complexity index is 1280. The summed E-state index contributed by atoms with van der Waals surface area (Å²) in [4.78, 5) is 25.6. The van der Waals surface area contributed by atoms with Crippen molar-refractivity contribution in [3.8, 4) is 23.0 Å². The van der Waals surface area contributed by atoms with Crippen LogP contribution in [-0.2, 0) is 16.8 Å². The van der Waals surface area contributed by atoms with Crippen LogP contribution >= 0.6 is 0 Å². The van der Waals surface area contributed by atoms with Crippen molar-refractivity contribution in [2.75, 3.05) is 33.3 Å². The second kappa shape index (κ2) is 12.4. The Morgan fingerprint density at radius 2 is 1.47 bits per heavy atom. The summed E-state index contributed by atoms with van der Waals surface area (Å²) in [6.45, 7) is 9.03. The van der Waals surface area contributed by atoms with Crippen molar-refractivity contribution in [1.82, 2.24) is 0 Å². The van der Waals surface area contributed by atoms with Crippen molar-refractivity contribution < 1.29 is 33.3 Å². The molecule has 3 rings (SSSR count). The minimum atomic E-state index is -0.625. The first kappa shape index (κ1) is 28.4. The molecule has 0 unspecified atom stereocenters. The van der Waals surface area contributed by atoms with Gasteiger partial charge < -0.3 is 29.0 Å². The van der Waals surface area contributed by atoms with E-state index in [1.807, 2.05) is 31.2 Å². The van der Waals surface area contributed by atoms with E-state index >= 15 is 0 Å². The van der Waals surface area contributed by atoms with Crippen LogP contribution in [0.4, 0.5) is 5.69 Å². The number of methoxy groups -OCH3 is 3. The van der Waals surface area contributed by atoms with E-state index in [1.54, 1.807) is 18.2 Å². The zero-order chi connectivity index (χ0) is 27.9. The lowest BCUT2D eigenvalue weighted by Crippen LogP contribution is -2.16. The highest BCUT2D eigenvalue weighted by Crippen LogP contribution is 2.34. The first-order valence-electron chi connectivity index (χ1n) is 12.3. The predicted octanol–water partition coefficient (Wildman–Crippen LogP) is 6.02. The van der Waals surface area contributed by atoms with Crippen LogP contribution in [0, 0.1) is 0 Å². The summed E-state index contributed by atoms with van der Waals surface area (Å²) in [7, 11) is 4.19. The number of esters is 1. The van der Waals surface area contributed by atoms with Crippen molar-refractivity contribution in [3.05, 3.63) is 76.9 Å². The highest BCUT2D eigenvalue weighted by Gasteiger charge is 2.20. The van der Waals surface area contributed by atoms with Gasteiger partial charge in [-0.3, -0.25) is 4.79 Å². The van der Waals surface area contributed by atoms with Crippen LogP contribution in [0.15, 0.2) is 54.6 Å². The molecule has 0 aliphatic heterocycles. The van der Waals surface area contributed by atoms with Crippen molar-refractivity contribution in [1.29, 1.82) is 0 Å². The lowest BCUT2D eigenvalue weighted by atomic mass is 9.87. The number of carbonyl (C=O) groups is 2. The van der Waals surface area contributed by atoms with E-state index in [4.69, 9.17) is 23.7 Å². The Hall–Kier alpha value is -4.20. The van der Waals surface area contributed by atoms with Gasteiger partial charge >= 0.3 is 5.97 Å². The summed E-state index contributed by atoms with van der Waals surface area (Å²) in [5.74, 6) is 0.969. The quantitative estimate of drug-likeness (QED) is 0.326. The maximum Gasteiger partial charge on any atom is 0.340 e. The Balaban J connectivity index is 1.87. The van der Waals surface area contributed by atoms with Gasteiger partial charge in [-0.05, 0) is 48.2 Å². The number of nitrogens with one attached hydrogen (secondary N) is 1. The average molecular weight is 522 g/mol. The van der Waals surface area contributed by atoms with Gasteiger partial charge in [0.2, 0.25) is 0 Å². The van der Waals surface area contributed by atoms with Crippen LogP contribution in [0.2, 0.25) is 0 Å². The van der Waals surface area contributed by atoms with E-state index in [2.05, 4.69) is 26.1 Å². The SMILES string of the molecule is CCOc1ccc(C(=O)Nc2cc(OC)c(OC)cc2C(=O)OC)cc1COc1ccc(C(C)(C)C)cc1. The fourth-order valence-electron chi connectivity index (χ4n) is 3.80. The van der Waals surface area contributed by atoms with Crippen molar-refractivity contribution in [2.45, 2.75) is 39.7 Å². The molecule has 38 heavy (non-hydrogen) atoms. The minimum Gasteiger partial charge on any atom is -0.493 e. The van der Waals surface area contributed by atoms with Crippen LogP contribution in [0.1, 0.15) is 59.5 Å². The number of rotatable bonds is 10. The molecule has 1 N–H and O–H groups in total. The zero-order valence-electron chi connectivity index (χ0n) is 23.0. The number of hydrogen-bond donors (Lipinski definition) is 1. The van der Waals surface area contributed by atoms with E-state index in [9.17, 15) is 9.59 Å². The van der Waals surface area contributed by atoms with Gasteiger partial charge in [0.25, 0.3) is 5.91 Å². The minimum absolute atomic E-state index is 0.0456. The Kier molecular flexibility index (Phi) is 9.23. The molecule has 0 spiro atoms. The third kappa shape index (κ3) is 6.76. The molecule has 0 radical (unpaired) electrons. The van der Waals surface area contributed by atoms with Gasteiger partial charge in [-0.2, -0.15) is 0 Å². The molecule has 3 aromatic rings. The molecule has 202 valence electrons. The van der Waals surface area contributed by atoms with Crippen molar-refractivity contribution >= 4 is 17.6 Å². The summed E-state index contributed by atoms with van der Waals surface area (Å²) in [6.07, 6.45) is 0. The number of ether oxygens (including phenoxy) is 5. The average Bonchev–Trinajstić information content (AvgIpc) is 2.91. The Labute approximate surface area is 223 Å². The molecule has 8 heteroatoms. The number of carbonyl (C=O) groups excluding carboxylic acids is 2. The second-order valence-electron chi connectivity index (χ2n) is 9.52. The highest BCUT2D eigenvalue weighted by atomic mass is 16.5. The van der Waals surface area contributed by atoms with E-state index in [0.29, 0.717) is 40.7 Å². The summed E-state index contributed by atoms with van der Waals surface area (Å²) < 4.78 is 27.3. The third-order valence-corrected chi connectivity index (χ3v) is 5.91. The molecule has 0 atom stereocenters. The van der Waals surface area contributed by atoms with E-state index in [0.717, 1.165) is 0 Å². The van der Waals surface area contributed by atoms with Gasteiger partial charge in [0.1, 0.15) is 18.1 Å². The zero-order valence-corrected chi connectivity index (χ0v) is 23.0. The fourth-order valence-corrected chi connectivity index (χ4v) is 3.80. The summed E-state index contributed by atoms with van der Waals surface area (Å²) in [5.41, 5.74) is 2.68. The molecule has 3 aromatic carbocycles. The molecule has 0 aromatic heterocycles. The van der Waals surface area contributed by atoms with E-state index < -0.39 is 11.9 Å². The first-order valence-corrected chi connectivity index (χ1v) is 12.3. The van der Waals surface area contributed by atoms with E-state index in [-0.39, 0.29) is 23.3 Å². The molecule has 0 saturated heterocycles. The van der Waals surface area contributed by atoms with Crippen LogP contribution < -0.4 is 24.3 Å². The third-order valence-electron chi connectivity index (χ3n) is 5.91. The lowest BCUT2D eigenvalue weighted by molar-refractivity contribution is 0.0601. The summed E-state index contributed by atoms with van der Waals surface area (Å²) in [5, 5.41) is 2.78. The molecule has 0 aliphatic rings. The maximum absolute atomic E-state index is 13.2. The Morgan fingerprint density at radius 1 is 0.816 bits per heavy atom. The van der Waals surface area contributed by atoms with Gasteiger partial charge in [0.15, 0.2) is 11.5 Å². The molecule has 0 fully saturated rings. The van der Waals surface area contributed by atoms with Crippen LogP contribution in [0.25, 0.3) is 0 Å². The molecule has 0 heterocycles. The van der Waals surface area contributed by atoms with Crippen molar-refractivity contribution in [3.63, 3.8) is 0 Å². The Morgan fingerprint density at radius 3 is 2.05 bits per heavy atom. The topological polar surface area (TPSA) is 92.3 Å². The number of anilines is 1. The van der Waals surface area contributed by atoms with Gasteiger partial charge in [-0.15, -0.1) is 0 Å². The van der Waals surface area contributed by atoms with Gasteiger partial charge in [-0.25, -0.2) is 4.79 Å². The fraction of sp³-hybridized carbons (Fsp3) is 0.333. The van der Waals surface area contributed by atoms with Crippen LogP contribution in [0.3, 0.4) is 0 Å². The molecule has 0 saturated carbocycles. The normalized spacial score (nSPS) is 10.9. The summed E-state index contributed by atoms with van der Waals surface area (Å²) in [6, 6.07) is 16.0. The molecule has 0 aliphatic carbocycles. The van der Waals surface area contributed by atoms with Gasteiger partial charge in [-0.1, -0.05) is 32.9 Å². The van der Waals surface area contributed by atoms with E-state index in [1.165, 1.54) is 39.0 Å². The monoisotopic (exact) mass is 521 g/mol. The highest BCUT2D eigenvalue weighted by molar-refractivity contribution is 6.08. The number of benzene rings is 3. The number of amides is 1. The largest absolute Gasteiger partial charge is 0.493 e. The molecule has 1 amide bonds. The molecular formula is C30H35NO7. The van der Waals surface area contributed by atoms with Gasteiger partial charge in [0.05, 0.1) is 39.2 Å². The lowest BCUT2D eigenvalue weighted by Gasteiger charge is -2.19. The number of hydrogen-bond acceptors (Lipinski definition) is 7. The smallest absolute Gasteiger partial charge is 0.340 e. The predicted molar refractivity (Wildman–Crippen MR) is 146 cm³/mol. The van der Waals surface area contributed by atoms with Crippen LogP contribution in [0.5, 0.6) is 23.0 Å². The van der Waals surface area contributed by atoms with Crippen molar-refractivity contribution in [2.24, 2.45) is 0 Å². The summed E-state index contributed by atoms with van der Waals surface area (Å²) >= 11 is 0. The maximum atomic E-state index is 13.2. The second-order valence-corrected chi connectivity index (χ2v) is 9.52. The molecular weight excluding hydrogens is 486 g/mol. The molecule has 0 bridgehead atoms.